The fourth-order valence-electron chi connectivity index (χ4n) is 2.06. The lowest BCUT2D eigenvalue weighted by Gasteiger charge is -2.10. The normalized spacial score (nSPS) is 11.0. The zero-order valence-corrected chi connectivity index (χ0v) is 14.4. The van der Waals surface area contributed by atoms with Crippen LogP contribution in [-0.4, -0.2) is 20.2 Å². The lowest BCUT2D eigenvalue weighted by Crippen LogP contribution is -2.30. The number of aryl methyl sites for hydroxylation is 2. The lowest BCUT2D eigenvalue weighted by molar-refractivity contribution is -0.114. The van der Waals surface area contributed by atoms with Gasteiger partial charge in [-0.2, -0.15) is 0 Å². The molecule has 0 spiro atoms. The molecule has 7 heteroatoms. The van der Waals surface area contributed by atoms with Crippen LogP contribution in [0.5, 0.6) is 0 Å². The van der Waals surface area contributed by atoms with Crippen molar-refractivity contribution < 1.29 is 18.0 Å². The number of sulfonamides is 1. The minimum Gasteiger partial charge on any atom is -0.326 e. The van der Waals surface area contributed by atoms with Crippen molar-refractivity contribution in [1.29, 1.82) is 0 Å². The van der Waals surface area contributed by atoms with Gasteiger partial charge in [0.05, 0.1) is 4.90 Å². The van der Waals surface area contributed by atoms with Crippen molar-refractivity contribution in [1.82, 2.24) is 4.72 Å². The third kappa shape index (κ3) is 4.20. The third-order valence-electron chi connectivity index (χ3n) is 3.46. The van der Waals surface area contributed by atoms with Crippen molar-refractivity contribution in [3.63, 3.8) is 0 Å². The molecule has 2 aromatic carbocycles. The van der Waals surface area contributed by atoms with Crippen LogP contribution in [0, 0.1) is 13.8 Å². The molecule has 2 N–H and O–H groups in total. The van der Waals surface area contributed by atoms with Gasteiger partial charge in [-0.05, 0) is 55.3 Å². The summed E-state index contributed by atoms with van der Waals surface area (Å²) in [6.45, 7) is 5.02. The van der Waals surface area contributed by atoms with E-state index in [1.54, 1.807) is 25.1 Å². The monoisotopic (exact) mass is 346 g/mol. The van der Waals surface area contributed by atoms with E-state index in [1.165, 1.54) is 31.2 Å². The van der Waals surface area contributed by atoms with E-state index in [2.05, 4.69) is 5.32 Å². The molecule has 2 rings (SSSR count). The van der Waals surface area contributed by atoms with E-state index in [-0.39, 0.29) is 16.4 Å². The molecule has 0 aliphatic rings. The van der Waals surface area contributed by atoms with E-state index >= 15 is 0 Å². The maximum Gasteiger partial charge on any atom is 0.265 e. The number of hydrogen-bond acceptors (Lipinski definition) is 4. The Hall–Kier alpha value is -2.67. The van der Waals surface area contributed by atoms with Crippen LogP contribution in [0.15, 0.2) is 47.4 Å². The zero-order chi connectivity index (χ0) is 17.9. The second-order valence-corrected chi connectivity index (χ2v) is 7.13. The maximum atomic E-state index is 12.3. The van der Waals surface area contributed by atoms with Crippen LogP contribution in [0.2, 0.25) is 0 Å². The van der Waals surface area contributed by atoms with Crippen molar-refractivity contribution >= 4 is 27.5 Å². The van der Waals surface area contributed by atoms with Crippen molar-refractivity contribution in [2.75, 3.05) is 5.32 Å². The molecule has 0 radical (unpaired) electrons. The van der Waals surface area contributed by atoms with Gasteiger partial charge >= 0.3 is 0 Å². The number of carbonyl (C=O) groups is 2. The van der Waals surface area contributed by atoms with E-state index in [0.29, 0.717) is 5.69 Å². The highest BCUT2D eigenvalue weighted by molar-refractivity contribution is 7.90. The topological polar surface area (TPSA) is 92.3 Å². The summed E-state index contributed by atoms with van der Waals surface area (Å²) < 4.78 is 26.7. The van der Waals surface area contributed by atoms with Crippen LogP contribution in [0.25, 0.3) is 0 Å². The molecule has 0 unspecified atom stereocenters. The SMILES string of the molecule is CC(=O)Nc1cccc(C(=O)NS(=O)(=O)c2ccc(C)c(C)c2)c1. The third-order valence-corrected chi connectivity index (χ3v) is 4.79. The van der Waals surface area contributed by atoms with Crippen molar-refractivity contribution in [3.05, 3.63) is 59.2 Å². The minimum absolute atomic E-state index is 0.0250. The smallest absolute Gasteiger partial charge is 0.265 e. The highest BCUT2D eigenvalue weighted by Crippen LogP contribution is 2.16. The van der Waals surface area contributed by atoms with Gasteiger partial charge in [0.1, 0.15) is 0 Å². The molecule has 6 nitrogen and oxygen atoms in total. The molecule has 24 heavy (non-hydrogen) atoms. The molecule has 0 fully saturated rings. The van der Waals surface area contributed by atoms with Gasteiger partial charge < -0.3 is 5.32 Å². The minimum atomic E-state index is -3.97. The summed E-state index contributed by atoms with van der Waals surface area (Å²) in [5.41, 5.74) is 2.33. The van der Waals surface area contributed by atoms with E-state index in [1.807, 2.05) is 11.6 Å². The summed E-state index contributed by atoms with van der Waals surface area (Å²) in [4.78, 5) is 23.3. The number of carbonyl (C=O) groups excluding carboxylic acids is 2. The first-order chi connectivity index (χ1) is 11.2. The molecular formula is C17H18N2O4S. The fourth-order valence-corrected chi connectivity index (χ4v) is 3.12. The van der Waals surface area contributed by atoms with Crippen LogP contribution in [0.3, 0.4) is 0 Å². The number of nitrogens with one attached hydrogen (secondary N) is 2. The van der Waals surface area contributed by atoms with Gasteiger partial charge in [-0.15, -0.1) is 0 Å². The number of hydrogen-bond donors (Lipinski definition) is 2. The fraction of sp³-hybridized carbons (Fsp3) is 0.176. The zero-order valence-electron chi connectivity index (χ0n) is 13.6. The number of rotatable bonds is 4. The largest absolute Gasteiger partial charge is 0.326 e. The van der Waals surface area contributed by atoms with Gasteiger partial charge in [-0.3, -0.25) is 9.59 Å². The molecule has 2 aromatic rings. The summed E-state index contributed by atoms with van der Waals surface area (Å²) in [5.74, 6) is -1.05. The molecule has 0 bridgehead atoms. The van der Waals surface area contributed by atoms with Gasteiger partial charge in [0, 0.05) is 18.2 Å². The predicted octanol–water partition coefficient (Wildman–Crippen LogP) is 2.38. The summed E-state index contributed by atoms with van der Waals surface area (Å²) in [6.07, 6.45) is 0. The van der Waals surface area contributed by atoms with E-state index in [9.17, 15) is 18.0 Å². The average molecular weight is 346 g/mol. The second-order valence-electron chi connectivity index (χ2n) is 5.44. The molecule has 0 saturated heterocycles. The van der Waals surface area contributed by atoms with Gasteiger partial charge in [0.25, 0.3) is 15.9 Å². The van der Waals surface area contributed by atoms with E-state index in [0.717, 1.165) is 11.1 Å². The molecule has 126 valence electrons. The highest BCUT2D eigenvalue weighted by atomic mass is 32.2. The summed E-state index contributed by atoms with van der Waals surface area (Å²) in [5, 5.41) is 2.54. The lowest BCUT2D eigenvalue weighted by atomic mass is 10.1. The standard InChI is InChI=1S/C17H18N2O4S/c1-11-7-8-16(9-12(11)2)24(22,23)19-17(21)14-5-4-6-15(10-14)18-13(3)20/h4-10H,1-3H3,(H,18,20)(H,19,21). The van der Waals surface area contributed by atoms with E-state index in [4.69, 9.17) is 0 Å². The molecular weight excluding hydrogens is 328 g/mol. The summed E-state index contributed by atoms with van der Waals surface area (Å²) in [7, 11) is -3.97. The number of amides is 2. The molecule has 0 aromatic heterocycles. The summed E-state index contributed by atoms with van der Waals surface area (Å²) in [6, 6.07) is 10.7. The molecule has 0 aliphatic heterocycles. The van der Waals surface area contributed by atoms with Gasteiger partial charge in [0.15, 0.2) is 0 Å². The van der Waals surface area contributed by atoms with Crippen LogP contribution >= 0.6 is 0 Å². The Bertz CT molecular complexity index is 905. The van der Waals surface area contributed by atoms with Gasteiger partial charge in [-0.1, -0.05) is 12.1 Å². The molecule has 2 amide bonds. The molecule has 0 aliphatic carbocycles. The summed E-state index contributed by atoms with van der Waals surface area (Å²) >= 11 is 0. The first kappa shape index (κ1) is 17.7. The first-order valence-corrected chi connectivity index (χ1v) is 8.69. The van der Waals surface area contributed by atoms with Crippen LogP contribution in [-0.2, 0) is 14.8 Å². The Morgan fingerprint density at radius 1 is 0.958 bits per heavy atom. The molecule has 0 atom stereocenters. The average Bonchev–Trinajstić information content (AvgIpc) is 2.49. The Morgan fingerprint density at radius 3 is 2.29 bits per heavy atom. The van der Waals surface area contributed by atoms with E-state index < -0.39 is 15.9 Å². The first-order valence-electron chi connectivity index (χ1n) is 7.21. The van der Waals surface area contributed by atoms with Crippen LogP contribution < -0.4 is 10.0 Å². The maximum absolute atomic E-state index is 12.3. The van der Waals surface area contributed by atoms with Crippen molar-refractivity contribution in [2.45, 2.75) is 25.7 Å². The van der Waals surface area contributed by atoms with Crippen molar-refractivity contribution in [3.8, 4) is 0 Å². The Balaban J connectivity index is 2.24. The Kier molecular flexibility index (Phi) is 5.04. The van der Waals surface area contributed by atoms with Crippen molar-refractivity contribution in [2.24, 2.45) is 0 Å². The second kappa shape index (κ2) is 6.84. The quantitative estimate of drug-likeness (QED) is 0.889. The highest BCUT2D eigenvalue weighted by Gasteiger charge is 2.19. The predicted molar refractivity (Wildman–Crippen MR) is 91.3 cm³/mol. The van der Waals surface area contributed by atoms with Crippen LogP contribution in [0.1, 0.15) is 28.4 Å². The van der Waals surface area contributed by atoms with Gasteiger partial charge in [0.2, 0.25) is 5.91 Å². The Labute approximate surface area is 140 Å². The van der Waals surface area contributed by atoms with Gasteiger partial charge in [-0.25, -0.2) is 13.1 Å². The Morgan fingerprint density at radius 2 is 1.67 bits per heavy atom. The van der Waals surface area contributed by atoms with Crippen LogP contribution in [0.4, 0.5) is 5.69 Å². The number of anilines is 1. The molecule has 0 heterocycles. The molecule has 0 saturated carbocycles. The number of benzene rings is 2.